The van der Waals surface area contributed by atoms with Crippen LogP contribution in [0, 0.1) is 5.82 Å². The molecule has 3 rings (SSSR count). The second kappa shape index (κ2) is 7.81. The lowest BCUT2D eigenvalue weighted by Crippen LogP contribution is -2.22. The molecule has 0 radical (unpaired) electrons. The SMILES string of the molecule is OC(COCc1ccccc1F)Cn1cnc(-c2ccccc2)n1. The van der Waals surface area contributed by atoms with Gasteiger partial charge in [0.25, 0.3) is 0 Å². The summed E-state index contributed by atoms with van der Waals surface area (Å²) in [6.45, 7) is 0.475. The van der Waals surface area contributed by atoms with Gasteiger partial charge in [-0.1, -0.05) is 48.5 Å². The zero-order valence-electron chi connectivity index (χ0n) is 13.0. The number of aromatic nitrogens is 3. The molecule has 0 aliphatic heterocycles. The summed E-state index contributed by atoms with van der Waals surface area (Å²) in [5.74, 6) is 0.297. The fourth-order valence-electron chi connectivity index (χ4n) is 2.29. The number of hydrogen-bond acceptors (Lipinski definition) is 4. The highest BCUT2D eigenvalue weighted by Gasteiger charge is 2.10. The minimum Gasteiger partial charge on any atom is -0.389 e. The number of benzene rings is 2. The van der Waals surface area contributed by atoms with Gasteiger partial charge in [-0.15, -0.1) is 0 Å². The van der Waals surface area contributed by atoms with Crippen LogP contribution in [0.25, 0.3) is 11.4 Å². The number of aliphatic hydroxyl groups excluding tert-OH is 1. The fraction of sp³-hybridized carbons (Fsp3) is 0.222. The molecule has 6 heteroatoms. The smallest absolute Gasteiger partial charge is 0.181 e. The molecule has 0 aliphatic carbocycles. The van der Waals surface area contributed by atoms with Crippen LogP contribution in [0.1, 0.15) is 5.56 Å². The molecule has 0 fully saturated rings. The van der Waals surface area contributed by atoms with Gasteiger partial charge in [-0.05, 0) is 6.07 Å². The van der Waals surface area contributed by atoms with E-state index in [0.29, 0.717) is 11.4 Å². The second-order valence-electron chi connectivity index (χ2n) is 5.42. The van der Waals surface area contributed by atoms with Gasteiger partial charge in [-0.3, -0.25) is 0 Å². The normalized spacial score (nSPS) is 12.2. The van der Waals surface area contributed by atoms with Gasteiger partial charge in [0.1, 0.15) is 12.1 Å². The van der Waals surface area contributed by atoms with Gasteiger partial charge in [0.05, 0.1) is 25.9 Å². The van der Waals surface area contributed by atoms with Gasteiger partial charge in [-0.2, -0.15) is 5.10 Å². The summed E-state index contributed by atoms with van der Waals surface area (Å²) in [6.07, 6.45) is 0.824. The first-order valence-corrected chi connectivity index (χ1v) is 7.66. The van der Waals surface area contributed by atoms with E-state index in [1.165, 1.54) is 6.07 Å². The van der Waals surface area contributed by atoms with Gasteiger partial charge < -0.3 is 9.84 Å². The lowest BCUT2D eigenvalue weighted by molar-refractivity contribution is 0.0178. The van der Waals surface area contributed by atoms with E-state index in [9.17, 15) is 9.50 Å². The lowest BCUT2D eigenvalue weighted by atomic mass is 10.2. The zero-order valence-corrected chi connectivity index (χ0v) is 13.0. The molecule has 3 aromatic rings. The molecule has 1 heterocycles. The van der Waals surface area contributed by atoms with Crippen LogP contribution in [0.4, 0.5) is 4.39 Å². The molecule has 2 aromatic carbocycles. The van der Waals surface area contributed by atoms with Crippen molar-refractivity contribution in [3.63, 3.8) is 0 Å². The Kier molecular flexibility index (Phi) is 5.30. The highest BCUT2D eigenvalue weighted by Crippen LogP contribution is 2.13. The van der Waals surface area contributed by atoms with Crippen LogP contribution in [-0.2, 0) is 17.9 Å². The van der Waals surface area contributed by atoms with Crippen molar-refractivity contribution < 1.29 is 14.2 Å². The Morgan fingerprint density at radius 1 is 1.08 bits per heavy atom. The van der Waals surface area contributed by atoms with Crippen molar-refractivity contribution >= 4 is 0 Å². The largest absolute Gasteiger partial charge is 0.389 e. The monoisotopic (exact) mass is 327 g/mol. The van der Waals surface area contributed by atoms with Crippen LogP contribution in [0.3, 0.4) is 0 Å². The molecule has 1 atom stereocenters. The summed E-state index contributed by atoms with van der Waals surface area (Å²) in [4.78, 5) is 4.23. The zero-order chi connectivity index (χ0) is 16.8. The number of halogens is 1. The summed E-state index contributed by atoms with van der Waals surface area (Å²) in [5.41, 5.74) is 1.39. The van der Waals surface area contributed by atoms with Crippen molar-refractivity contribution in [1.29, 1.82) is 0 Å². The molecule has 0 saturated carbocycles. The highest BCUT2D eigenvalue weighted by molar-refractivity contribution is 5.53. The molecular weight excluding hydrogens is 309 g/mol. The molecule has 1 aromatic heterocycles. The molecule has 24 heavy (non-hydrogen) atoms. The Bertz CT molecular complexity index is 777. The maximum Gasteiger partial charge on any atom is 0.181 e. The van der Waals surface area contributed by atoms with Crippen LogP contribution in [0.2, 0.25) is 0 Å². The molecule has 0 amide bonds. The van der Waals surface area contributed by atoms with Crippen molar-refractivity contribution in [1.82, 2.24) is 14.8 Å². The summed E-state index contributed by atoms with van der Waals surface area (Å²) >= 11 is 0. The van der Waals surface area contributed by atoms with E-state index in [4.69, 9.17) is 4.74 Å². The second-order valence-corrected chi connectivity index (χ2v) is 5.42. The number of aliphatic hydroxyl groups is 1. The number of rotatable bonds is 7. The minimum absolute atomic E-state index is 0.0921. The number of hydrogen-bond donors (Lipinski definition) is 1. The summed E-state index contributed by atoms with van der Waals surface area (Å²) in [5, 5.41) is 14.4. The average Bonchev–Trinajstić information content (AvgIpc) is 3.06. The third-order valence-electron chi connectivity index (χ3n) is 3.49. The maximum absolute atomic E-state index is 13.5. The van der Waals surface area contributed by atoms with Crippen molar-refractivity contribution in [2.45, 2.75) is 19.3 Å². The van der Waals surface area contributed by atoms with Crippen LogP contribution in [-0.4, -0.2) is 32.6 Å². The molecule has 0 saturated heterocycles. The van der Waals surface area contributed by atoms with E-state index in [2.05, 4.69) is 10.1 Å². The topological polar surface area (TPSA) is 60.2 Å². The van der Waals surface area contributed by atoms with Gasteiger partial charge >= 0.3 is 0 Å². The predicted octanol–water partition coefficient (Wildman–Crippen LogP) is 2.66. The number of nitrogens with zero attached hydrogens (tertiary/aromatic N) is 3. The number of ether oxygens (including phenoxy) is 1. The van der Waals surface area contributed by atoms with Crippen molar-refractivity contribution in [2.24, 2.45) is 0 Å². The van der Waals surface area contributed by atoms with E-state index in [-0.39, 0.29) is 25.6 Å². The molecule has 0 bridgehead atoms. The Labute approximate surface area is 139 Å². The van der Waals surface area contributed by atoms with Crippen molar-refractivity contribution in [3.05, 3.63) is 72.3 Å². The lowest BCUT2D eigenvalue weighted by Gasteiger charge is -2.11. The van der Waals surface area contributed by atoms with Gasteiger partial charge in [0.2, 0.25) is 0 Å². The molecule has 5 nitrogen and oxygen atoms in total. The van der Waals surface area contributed by atoms with E-state index >= 15 is 0 Å². The standard InChI is InChI=1S/C18H18FN3O2/c19-17-9-5-4-8-15(17)11-24-12-16(23)10-22-13-20-18(21-22)14-6-2-1-3-7-14/h1-9,13,16,23H,10-12H2. The Morgan fingerprint density at radius 3 is 2.62 bits per heavy atom. The molecule has 1 unspecified atom stereocenters. The van der Waals surface area contributed by atoms with Gasteiger partial charge in [0.15, 0.2) is 5.82 Å². The Hall–Kier alpha value is -2.57. The molecule has 1 N–H and O–H groups in total. The third-order valence-corrected chi connectivity index (χ3v) is 3.49. The van der Waals surface area contributed by atoms with Crippen LogP contribution < -0.4 is 0 Å². The quantitative estimate of drug-likeness (QED) is 0.725. The Balaban J connectivity index is 1.50. The molecule has 0 spiro atoms. The maximum atomic E-state index is 13.5. The van der Waals surface area contributed by atoms with E-state index in [1.54, 1.807) is 29.2 Å². The van der Waals surface area contributed by atoms with Gasteiger partial charge in [-0.25, -0.2) is 14.1 Å². The first-order chi connectivity index (χ1) is 11.7. The predicted molar refractivity (Wildman–Crippen MR) is 87.5 cm³/mol. The third kappa shape index (κ3) is 4.24. The minimum atomic E-state index is -0.748. The average molecular weight is 327 g/mol. The molecule has 0 aliphatic rings. The van der Waals surface area contributed by atoms with Gasteiger partial charge in [0, 0.05) is 11.1 Å². The summed E-state index contributed by atoms with van der Waals surface area (Å²) in [6, 6.07) is 16.0. The van der Waals surface area contributed by atoms with Crippen LogP contribution >= 0.6 is 0 Å². The summed E-state index contributed by atoms with van der Waals surface area (Å²) in [7, 11) is 0. The van der Waals surface area contributed by atoms with Crippen molar-refractivity contribution in [2.75, 3.05) is 6.61 Å². The van der Waals surface area contributed by atoms with E-state index in [1.807, 2.05) is 30.3 Å². The Morgan fingerprint density at radius 2 is 1.83 bits per heavy atom. The summed E-state index contributed by atoms with van der Waals surface area (Å²) < 4.78 is 20.4. The van der Waals surface area contributed by atoms with E-state index < -0.39 is 6.10 Å². The highest BCUT2D eigenvalue weighted by atomic mass is 19.1. The van der Waals surface area contributed by atoms with E-state index in [0.717, 1.165) is 5.56 Å². The molecule has 124 valence electrons. The van der Waals surface area contributed by atoms with Crippen LogP contribution in [0.5, 0.6) is 0 Å². The molecular formula is C18H18FN3O2. The fourth-order valence-corrected chi connectivity index (χ4v) is 2.29. The first kappa shape index (κ1) is 16.3. The van der Waals surface area contributed by atoms with Crippen molar-refractivity contribution in [3.8, 4) is 11.4 Å². The van der Waals surface area contributed by atoms with Crippen LogP contribution in [0.15, 0.2) is 60.9 Å². The first-order valence-electron chi connectivity index (χ1n) is 7.66.